The van der Waals surface area contributed by atoms with Gasteiger partial charge in [-0.25, -0.2) is 13.8 Å². The van der Waals surface area contributed by atoms with Crippen LogP contribution in [0.4, 0.5) is 13.2 Å². The molecule has 0 aliphatic rings. The standard InChI is InChI=1S/C8H5ClF3NO2/c1-15-4-2-3(6(9)14)8(12)13-5(4)7(10)11/h2,7H,1H3. The average Bonchev–Trinajstić information content (AvgIpc) is 2.16. The van der Waals surface area contributed by atoms with Gasteiger partial charge in [0.05, 0.1) is 12.7 Å². The van der Waals surface area contributed by atoms with E-state index >= 15 is 0 Å². The highest BCUT2D eigenvalue weighted by molar-refractivity contribution is 6.67. The number of aromatic nitrogens is 1. The molecule has 3 nitrogen and oxygen atoms in total. The summed E-state index contributed by atoms with van der Waals surface area (Å²) in [5.74, 6) is -1.72. The van der Waals surface area contributed by atoms with Gasteiger partial charge in [-0.15, -0.1) is 0 Å². The average molecular weight is 240 g/mol. The molecular formula is C8H5ClF3NO2. The zero-order chi connectivity index (χ0) is 11.6. The van der Waals surface area contributed by atoms with E-state index in [4.69, 9.17) is 11.6 Å². The molecule has 82 valence electrons. The lowest BCUT2D eigenvalue weighted by molar-refractivity contribution is 0.107. The molecule has 7 heteroatoms. The zero-order valence-electron chi connectivity index (χ0n) is 7.43. The fourth-order valence-corrected chi connectivity index (χ4v) is 1.08. The van der Waals surface area contributed by atoms with E-state index in [-0.39, 0.29) is 5.75 Å². The lowest BCUT2D eigenvalue weighted by atomic mass is 10.2. The highest BCUT2D eigenvalue weighted by atomic mass is 35.5. The van der Waals surface area contributed by atoms with Crippen LogP contribution in [0.3, 0.4) is 0 Å². The van der Waals surface area contributed by atoms with Gasteiger partial charge in [-0.2, -0.15) is 4.39 Å². The van der Waals surface area contributed by atoms with Crippen LogP contribution in [0.25, 0.3) is 0 Å². The zero-order valence-corrected chi connectivity index (χ0v) is 8.19. The summed E-state index contributed by atoms with van der Waals surface area (Å²) in [5, 5.41) is -1.13. The second-order valence-electron chi connectivity index (χ2n) is 2.49. The van der Waals surface area contributed by atoms with Gasteiger partial charge in [-0.3, -0.25) is 4.79 Å². The van der Waals surface area contributed by atoms with E-state index in [0.717, 1.165) is 13.2 Å². The number of pyridine rings is 1. The quantitative estimate of drug-likeness (QED) is 0.601. The second-order valence-corrected chi connectivity index (χ2v) is 2.83. The third kappa shape index (κ3) is 2.38. The molecular weight excluding hydrogens is 235 g/mol. The highest BCUT2D eigenvalue weighted by Crippen LogP contribution is 2.29. The largest absolute Gasteiger partial charge is 0.495 e. The Kier molecular flexibility index (Phi) is 3.52. The molecule has 0 N–H and O–H groups in total. The molecule has 0 radical (unpaired) electrons. The summed E-state index contributed by atoms with van der Waals surface area (Å²) in [5.41, 5.74) is -1.46. The first-order valence-corrected chi connectivity index (χ1v) is 4.07. The van der Waals surface area contributed by atoms with Crippen molar-refractivity contribution >= 4 is 16.8 Å². The Labute approximate surface area is 87.8 Å². The Bertz CT molecular complexity index is 398. The molecule has 1 aromatic rings. The molecule has 1 rings (SSSR count). The number of carbonyl (C=O) groups excluding carboxylic acids is 1. The Morgan fingerprint density at radius 2 is 2.20 bits per heavy atom. The van der Waals surface area contributed by atoms with E-state index in [2.05, 4.69) is 9.72 Å². The monoisotopic (exact) mass is 239 g/mol. The van der Waals surface area contributed by atoms with Crippen LogP contribution < -0.4 is 4.74 Å². The number of carbonyl (C=O) groups is 1. The number of halogens is 4. The summed E-state index contributed by atoms with van der Waals surface area (Å²) in [7, 11) is 1.10. The van der Waals surface area contributed by atoms with Crippen molar-refractivity contribution in [2.45, 2.75) is 6.43 Å². The Hall–Kier alpha value is -1.30. The molecule has 0 aliphatic heterocycles. The van der Waals surface area contributed by atoms with Crippen LogP contribution in [0.15, 0.2) is 6.07 Å². The van der Waals surface area contributed by atoms with Crippen LogP contribution in [0.2, 0.25) is 0 Å². The van der Waals surface area contributed by atoms with Crippen molar-refractivity contribution in [3.63, 3.8) is 0 Å². The summed E-state index contributed by atoms with van der Waals surface area (Å²) in [6.45, 7) is 0. The van der Waals surface area contributed by atoms with E-state index in [9.17, 15) is 18.0 Å². The van der Waals surface area contributed by atoms with E-state index in [1.54, 1.807) is 0 Å². The molecule has 0 aromatic carbocycles. The minimum Gasteiger partial charge on any atom is -0.495 e. The van der Waals surface area contributed by atoms with Crippen molar-refractivity contribution in [3.05, 3.63) is 23.3 Å². The Balaban J connectivity index is 3.35. The fraction of sp³-hybridized carbons (Fsp3) is 0.250. The molecule has 0 aliphatic carbocycles. The number of ether oxygens (including phenoxy) is 1. The number of hydrogen-bond donors (Lipinski definition) is 0. The minimum atomic E-state index is -2.99. The highest BCUT2D eigenvalue weighted by Gasteiger charge is 2.21. The van der Waals surface area contributed by atoms with Gasteiger partial charge in [0.25, 0.3) is 11.7 Å². The van der Waals surface area contributed by atoms with Crippen LogP contribution >= 0.6 is 11.6 Å². The van der Waals surface area contributed by atoms with Crippen LogP contribution in [0.1, 0.15) is 22.5 Å². The Morgan fingerprint density at radius 3 is 2.60 bits per heavy atom. The van der Waals surface area contributed by atoms with Gasteiger partial charge in [-0.05, 0) is 17.7 Å². The molecule has 0 amide bonds. The van der Waals surface area contributed by atoms with Gasteiger partial charge in [0.2, 0.25) is 5.95 Å². The first kappa shape index (κ1) is 11.8. The number of nitrogens with zero attached hydrogens (tertiary/aromatic N) is 1. The molecule has 0 saturated carbocycles. The summed E-state index contributed by atoms with van der Waals surface area (Å²) in [4.78, 5) is 13.6. The number of methoxy groups -OCH3 is 1. The maximum atomic E-state index is 13.0. The van der Waals surface area contributed by atoms with Crippen molar-refractivity contribution in [1.29, 1.82) is 0 Å². The molecule has 1 heterocycles. The van der Waals surface area contributed by atoms with Crippen molar-refractivity contribution in [2.24, 2.45) is 0 Å². The SMILES string of the molecule is COc1cc(C(=O)Cl)c(F)nc1C(F)F. The van der Waals surface area contributed by atoms with Crippen LogP contribution in [0.5, 0.6) is 5.75 Å². The molecule has 0 bridgehead atoms. The van der Waals surface area contributed by atoms with Crippen molar-refractivity contribution in [3.8, 4) is 5.75 Å². The van der Waals surface area contributed by atoms with Gasteiger partial charge in [0, 0.05) is 0 Å². The summed E-state index contributed by atoms with van der Waals surface area (Å²) >= 11 is 5.01. The number of hydrogen-bond acceptors (Lipinski definition) is 3. The molecule has 0 spiro atoms. The lowest BCUT2D eigenvalue weighted by Crippen LogP contribution is -2.04. The van der Waals surface area contributed by atoms with Crippen LogP contribution in [-0.4, -0.2) is 17.3 Å². The van der Waals surface area contributed by atoms with E-state index in [0.29, 0.717) is 0 Å². The predicted octanol–water partition coefficient (Wildman–Crippen LogP) is 2.55. The third-order valence-corrected chi connectivity index (χ3v) is 1.81. The molecule has 1 aromatic heterocycles. The minimum absolute atomic E-state index is 0.379. The topological polar surface area (TPSA) is 39.2 Å². The molecule has 0 atom stereocenters. The third-order valence-electron chi connectivity index (χ3n) is 1.61. The summed E-state index contributed by atoms with van der Waals surface area (Å²) in [6, 6.07) is 0.791. The summed E-state index contributed by atoms with van der Waals surface area (Å²) < 4.78 is 42.1. The molecule has 0 unspecified atom stereocenters. The molecule has 0 saturated heterocycles. The number of rotatable bonds is 3. The maximum absolute atomic E-state index is 13.0. The van der Waals surface area contributed by atoms with Gasteiger partial charge in [0.15, 0.2) is 5.69 Å². The van der Waals surface area contributed by atoms with E-state index in [1.165, 1.54) is 0 Å². The normalized spacial score (nSPS) is 10.5. The van der Waals surface area contributed by atoms with Gasteiger partial charge >= 0.3 is 0 Å². The van der Waals surface area contributed by atoms with Gasteiger partial charge < -0.3 is 4.74 Å². The fourth-order valence-electron chi connectivity index (χ4n) is 0.943. The van der Waals surface area contributed by atoms with Gasteiger partial charge in [0.1, 0.15) is 5.75 Å². The van der Waals surface area contributed by atoms with E-state index < -0.39 is 28.9 Å². The summed E-state index contributed by atoms with van der Waals surface area (Å²) in [6.07, 6.45) is -2.99. The van der Waals surface area contributed by atoms with Crippen LogP contribution in [0, 0.1) is 5.95 Å². The van der Waals surface area contributed by atoms with Crippen molar-refractivity contribution < 1.29 is 22.7 Å². The predicted molar refractivity (Wildman–Crippen MR) is 45.9 cm³/mol. The van der Waals surface area contributed by atoms with Crippen molar-refractivity contribution in [1.82, 2.24) is 4.98 Å². The first-order valence-electron chi connectivity index (χ1n) is 3.69. The van der Waals surface area contributed by atoms with Crippen LogP contribution in [-0.2, 0) is 0 Å². The molecule has 0 fully saturated rings. The first-order chi connectivity index (χ1) is 6.97. The van der Waals surface area contributed by atoms with Crippen molar-refractivity contribution in [2.75, 3.05) is 7.11 Å². The number of alkyl halides is 2. The van der Waals surface area contributed by atoms with Gasteiger partial charge in [-0.1, -0.05) is 0 Å². The smallest absolute Gasteiger partial charge is 0.284 e. The molecule has 15 heavy (non-hydrogen) atoms. The lowest BCUT2D eigenvalue weighted by Gasteiger charge is -2.08. The van der Waals surface area contributed by atoms with E-state index in [1.807, 2.05) is 0 Å². The second kappa shape index (κ2) is 4.48. The maximum Gasteiger partial charge on any atom is 0.284 e. The Morgan fingerprint density at radius 1 is 1.60 bits per heavy atom.